The summed E-state index contributed by atoms with van der Waals surface area (Å²) in [6, 6.07) is 0.253. The van der Waals surface area contributed by atoms with Crippen LogP contribution in [-0.2, 0) is 9.59 Å². The smallest absolute Gasteiger partial charge is 0.225 e. The third-order valence-electron chi connectivity index (χ3n) is 5.02. The molecule has 2 aliphatic rings. The van der Waals surface area contributed by atoms with Gasteiger partial charge in [-0.15, -0.1) is 12.4 Å². The molecule has 2 fully saturated rings. The summed E-state index contributed by atoms with van der Waals surface area (Å²) in [7, 11) is 0. The summed E-state index contributed by atoms with van der Waals surface area (Å²) in [5, 5.41) is 6.44. The maximum Gasteiger partial charge on any atom is 0.225 e. The highest BCUT2D eigenvalue weighted by Gasteiger charge is 2.36. The molecule has 2 N–H and O–H groups in total. The lowest BCUT2D eigenvalue weighted by molar-refractivity contribution is -0.130. The Morgan fingerprint density at radius 2 is 2.26 bits per heavy atom. The van der Waals surface area contributed by atoms with E-state index in [0.29, 0.717) is 18.9 Å². The number of amides is 2. The molecular formula is C17H32ClN3O2. The van der Waals surface area contributed by atoms with Gasteiger partial charge < -0.3 is 15.5 Å². The Kier molecular flexibility index (Phi) is 8.92. The van der Waals surface area contributed by atoms with Crippen molar-refractivity contribution in [2.75, 3.05) is 26.2 Å². The second-order valence-electron chi connectivity index (χ2n) is 6.88. The number of likely N-dealkylation sites (tertiary alicyclic amines) is 1. The minimum Gasteiger partial charge on any atom is -0.356 e. The second-order valence-corrected chi connectivity index (χ2v) is 6.88. The van der Waals surface area contributed by atoms with E-state index in [4.69, 9.17) is 0 Å². The lowest BCUT2D eigenvalue weighted by Gasteiger charge is -2.24. The van der Waals surface area contributed by atoms with E-state index in [1.54, 1.807) is 0 Å². The third-order valence-corrected chi connectivity index (χ3v) is 5.02. The van der Waals surface area contributed by atoms with Gasteiger partial charge in [0.15, 0.2) is 0 Å². The van der Waals surface area contributed by atoms with E-state index < -0.39 is 0 Å². The maximum absolute atomic E-state index is 12.3. The monoisotopic (exact) mass is 345 g/mol. The molecule has 5 nitrogen and oxygen atoms in total. The van der Waals surface area contributed by atoms with E-state index in [-0.39, 0.29) is 36.2 Å². The Balaban J connectivity index is 0.00000264. The molecule has 2 rings (SSSR count). The first-order valence-electron chi connectivity index (χ1n) is 8.89. The van der Waals surface area contributed by atoms with Gasteiger partial charge in [0.25, 0.3) is 0 Å². The predicted molar refractivity (Wildman–Crippen MR) is 94.7 cm³/mol. The lowest BCUT2D eigenvalue weighted by atomic mass is 9.96. The Morgan fingerprint density at radius 1 is 1.48 bits per heavy atom. The molecule has 3 unspecified atom stereocenters. The lowest BCUT2D eigenvalue weighted by Crippen LogP contribution is -2.38. The minimum atomic E-state index is -0.156. The van der Waals surface area contributed by atoms with Crippen LogP contribution in [0, 0.1) is 11.8 Å². The van der Waals surface area contributed by atoms with Crippen LogP contribution in [0.2, 0.25) is 0 Å². The molecule has 0 spiro atoms. The van der Waals surface area contributed by atoms with E-state index in [1.165, 1.54) is 12.8 Å². The Morgan fingerprint density at radius 3 is 2.91 bits per heavy atom. The van der Waals surface area contributed by atoms with Crippen molar-refractivity contribution >= 4 is 24.2 Å². The average Bonchev–Trinajstić information content (AvgIpc) is 2.91. The fourth-order valence-electron chi connectivity index (χ4n) is 3.62. The van der Waals surface area contributed by atoms with Crippen molar-refractivity contribution in [3.63, 3.8) is 0 Å². The highest BCUT2D eigenvalue weighted by atomic mass is 35.5. The molecule has 134 valence electrons. The van der Waals surface area contributed by atoms with Crippen molar-refractivity contribution in [2.45, 2.75) is 58.4 Å². The number of rotatable bonds is 7. The first-order valence-corrected chi connectivity index (χ1v) is 8.89. The summed E-state index contributed by atoms with van der Waals surface area (Å²) in [5.74, 6) is 0.720. The molecule has 23 heavy (non-hydrogen) atoms. The Labute approximate surface area is 146 Å². The number of piperidine rings is 1. The Hall–Kier alpha value is -0.810. The van der Waals surface area contributed by atoms with Crippen LogP contribution in [0.5, 0.6) is 0 Å². The molecule has 2 aliphatic heterocycles. The van der Waals surface area contributed by atoms with Gasteiger partial charge in [-0.3, -0.25) is 9.59 Å². The van der Waals surface area contributed by atoms with Crippen molar-refractivity contribution in [1.82, 2.24) is 15.5 Å². The van der Waals surface area contributed by atoms with Crippen LogP contribution in [-0.4, -0.2) is 48.9 Å². The molecule has 0 bridgehead atoms. The van der Waals surface area contributed by atoms with Gasteiger partial charge in [-0.1, -0.05) is 13.3 Å². The first kappa shape index (κ1) is 20.2. The molecular weight excluding hydrogens is 314 g/mol. The van der Waals surface area contributed by atoms with E-state index in [2.05, 4.69) is 24.5 Å². The Bertz CT molecular complexity index is 386. The van der Waals surface area contributed by atoms with Gasteiger partial charge in [-0.2, -0.15) is 0 Å². The van der Waals surface area contributed by atoms with E-state index in [0.717, 1.165) is 38.9 Å². The first-order chi connectivity index (χ1) is 10.6. The summed E-state index contributed by atoms with van der Waals surface area (Å²) < 4.78 is 0. The van der Waals surface area contributed by atoms with Crippen LogP contribution in [0.1, 0.15) is 52.4 Å². The van der Waals surface area contributed by atoms with Crippen LogP contribution in [0.4, 0.5) is 0 Å². The minimum absolute atomic E-state index is 0. The van der Waals surface area contributed by atoms with Gasteiger partial charge in [-0.25, -0.2) is 0 Å². The largest absolute Gasteiger partial charge is 0.356 e. The van der Waals surface area contributed by atoms with Gasteiger partial charge >= 0.3 is 0 Å². The molecule has 0 aromatic carbocycles. The highest BCUT2D eigenvalue weighted by Crippen LogP contribution is 2.22. The quantitative estimate of drug-likeness (QED) is 0.741. The van der Waals surface area contributed by atoms with Crippen LogP contribution in [0.25, 0.3) is 0 Å². The number of halogens is 1. The van der Waals surface area contributed by atoms with Crippen molar-refractivity contribution in [3.05, 3.63) is 0 Å². The summed E-state index contributed by atoms with van der Waals surface area (Å²) in [4.78, 5) is 26.2. The number of nitrogens with zero attached hydrogens (tertiary/aromatic N) is 1. The van der Waals surface area contributed by atoms with E-state index in [9.17, 15) is 9.59 Å². The summed E-state index contributed by atoms with van der Waals surface area (Å²) in [6.45, 7) is 7.73. The molecule has 6 heteroatoms. The molecule has 2 heterocycles. The predicted octanol–water partition coefficient (Wildman–Crippen LogP) is 1.95. The van der Waals surface area contributed by atoms with E-state index >= 15 is 0 Å². The fourth-order valence-corrected chi connectivity index (χ4v) is 3.62. The maximum atomic E-state index is 12.3. The fraction of sp³-hybridized carbons (Fsp3) is 0.882. The van der Waals surface area contributed by atoms with Gasteiger partial charge in [-0.05, 0) is 51.6 Å². The highest BCUT2D eigenvalue weighted by molar-refractivity contribution is 5.89. The number of hydrogen-bond donors (Lipinski definition) is 2. The van der Waals surface area contributed by atoms with Crippen molar-refractivity contribution < 1.29 is 9.59 Å². The molecule has 0 saturated carbocycles. The van der Waals surface area contributed by atoms with Crippen LogP contribution < -0.4 is 10.6 Å². The zero-order valence-electron chi connectivity index (χ0n) is 14.5. The summed E-state index contributed by atoms with van der Waals surface area (Å²) in [5.41, 5.74) is 0. The SMILES string of the molecule is CCCC(C)N1CC(C(=O)NCCC2CCCNC2)CC1=O.Cl. The number of hydrogen-bond acceptors (Lipinski definition) is 3. The number of carbonyl (C=O) groups excluding carboxylic acids is 2. The van der Waals surface area contributed by atoms with Gasteiger partial charge in [0.05, 0.1) is 5.92 Å². The van der Waals surface area contributed by atoms with Crippen LogP contribution >= 0.6 is 12.4 Å². The van der Waals surface area contributed by atoms with Crippen LogP contribution in [0.3, 0.4) is 0 Å². The van der Waals surface area contributed by atoms with Gasteiger partial charge in [0, 0.05) is 25.6 Å². The zero-order valence-corrected chi connectivity index (χ0v) is 15.3. The molecule has 0 radical (unpaired) electrons. The molecule has 0 aliphatic carbocycles. The second kappa shape index (κ2) is 10.1. The summed E-state index contributed by atoms with van der Waals surface area (Å²) in [6.07, 6.45) is 5.99. The molecule has 2 amide bonds. The average molecular weight is 346 g/mol. The van der Waals surface area contributed by atoms with Crippen molar-refractivity contribution in [2.24, 2.45) is 11.8 Å². The molecule has 0 aromatic rings. The summed E-state index contributed by atoms with van der Waals surface area (Å²) >= 11 is 0. The topological polar surface area (TPSA) is 61.4 Å². The van der Waals surface area contributed by atoms with Crippen molar-refractivity contribution in [1.29, 1.82) is 0 Å². The molecule has 2 saturated heterocycles. The standard InChI is InChI=1S/C17H31N3O2.ClH/c1-3-5-13(2)20-12-15(10-16(20)21)17(22)19-9-7-14-6-4-8-18-11-14;/h13-15,18H,3-12H2,1-2H3,(H,19,22);1H. The van der Waals surface area contributed by atoms with Crippen molar-refractivity contribution in [3.8, 4) is 0 Å². The van der Waals surface area contributed by atoms with Gasteiger partial charge in [0.1, 0.15) is 0 Å². The zero-order chi connectivity index (χ0) is 15.9. The normalized spacial score (nSPS) is 25.8. The number of nitrogens with one attached hydrogen (secondary N) is 2. The third kappa shape index (κ3) is 5.96. The molecule has 3 atom stereocenters. The van der Waals surface area contributed by atoms with Crippen LogP contribution in [0.15, 0.2) is 0 Å². The van der Waals surface area contributed by atoms with Gasteiger partial charge in [0.2, 0.25) is 11.8 Å². The molecule has 0 aromatic heterocycles. The number of carbonyl (C=O) groups is 2. The van der Waals surface area contributed by atoms with E-state index in [1.807, 2.05) is 4.90 Å².